The maximum Gasteiger partial charge on any atom is 0.333 e. The highest BCUT2D eigenvalue weighted by atomic mass is 16.5. The molecule has 0 aromatic heterocycles. The largest absolute Gasteiger partial charge is 0.481 e. The lowest BCUT2D eigenvalue weighted by Gasteiger charge is -2.27. The number of amides is 2. The Morgan fingerprint density at radius 1 is 1.11 bits per heavy atom. The third-order valence-electron chi connectivity index (χ3n) is 5.50. The monoisotopic (exact) mass is 387 g/mol. The highest BCUT2D eigenvalue weighted by Crippen LogP contribution is 2.44. The number of fused-ring (bicyclic) bond motifs is 2. The first-order chi connectivity index (χ1) is 13.6. The van der Waals surface area contributed by atoms with E-state index in [2.05, 4.69) is 28.3 Å². The van der Waals surface area contributed by atoms with Crippen molar-refractivity contribution in [2.24, 2.45) is 11.8 Å². The van der Waals surface area contributed by atoms with Crippen LogP contribution >= 0.6 is 0 Å². The number of allylic oxidation sites excluding steroid dienone is 2. The standard InChI is InChI=1S/C21H29N3O4/c25-20(26)11-7-2-1-6-10-16-17(19-13-12-18(16)28-19)14-22-24-21(27)23-15-8-4-3-5-9-15/h1,3-6,8-9,16-19,22H,2,7,10-14H2,(H,25,26)(H2,23,24,27)/b6-1+/t16-,17+,18?,19?/m1/s1. The number of hydrogen-bond donors (Lipinski definition) is 4. The van der Waals surface area contributed by atoms with Gasteiger partial charge in [0.15, 0.2) is 0 Å². The van der Waals surface area contributed by atoms with E-state index in [1.165, 1.54) is 0 Å². The van der Waals surface area contributed by atoms with Gasteiger partial charge in [-0.1, -0.05) is 30.4 Å². The summed E-state index contributed by atoms with van der Waals surface area (Å²) >= 11 is 0. The Morgan fingerprint density at radius 3 is 2.61 bits per heavy atom. The molecule has 7 heteroatoms. The van der Waals surface area contributed by atoms with E-state index in [4.69, 9.17) is 9.84 Å². The molecular formula is C21H29N3O4. The number of nitrogens with one attached hydrogen (secondary N) is 3. The summed E-state index contributed by atoms with van der Waals surface area (Å²) in [7, 11) is 0. The van der Waals surface area contributed by atoms with Gasteiger partial charge in [0.1, 0.15) is 0 Å². The number of aliphatic carboxylic acids is 1. The predicted molar refractivity (Wildman–Crippen MR) is 107 cm³/mol. The van der Waals surface area contributed by atoms with E-state index < -0.39 is 5.97 Å². The molecule has 1 aromatic rings. The number of anilines is 1. The Bertz CT molecular complexity index is 679. The summed E-state index contributed by atoms with van der Waals surface area (Å²) in [5, 5.41) is 11.4. The maximum atomic E-state index is 12.0. The van der Waals surface area contributed by atoms with E-state index in [1.807, 2.05) is 30.3 Å². The molecule has 4 atom stereocenters. The van der Waals surface area contributed by atoms with Crippen LogP contribution in [0.25, 0.3) is 0 Å². The smallest absolute Gasteiger partial charge is 0.333 e. The Hall–Kier alpha value is -2.38. The van der Waals surface area contributed by atoms with E-state index in [0.29, 0.717) is 30.9 Å². The molecule has 2 aliphatic heterocycles. The molecule has 2 saturated heterocycles. The first kappa shape index (κ1) is 20.4. The molecule has 1 aromatic carbocycles. The summed E-state index contributed by atoms with van der Waals surface area (Å²) in [5.74, 6) is 0.0465. The molecule has 0 aliphatic carbocycles. The summed E-state index contributed by atoms with van der Waals surface area (Å²) in [4.78, 5) is 22.5. The number of ether oxygens (including phenoxy) is 1. The van der Waals surface area contributed by atoms with Gasteiger partial charge in [-0.05, 0) is 50.2 Å². The highest BCUT2D eigenvalue weighted by Gasteiger charge is 2.47. The number of para-hydroxylation sites is 1. The molecule has 0 saturated carbocycles. The number of carbonyl (C=O) groups excluding carboxylic acids is 1. The maximum absolute atomic E-state index is 12.0. The van der Waals surface area contributed by atoms with Gasteiger partial charge in [0.05, 0.1) is 12.2 Å². The van der Waals surface area contributed by atoms with Gasteiger partial charge < -0.3 is 15.2 Å². The Morgan fingerprint density at radius 2 is 1.86 bits per heavy atom. The average molecular weight is 387 g/mol. The van der Waals surface area contributed by atoms with Crippen molar-refractivity contribution in [3.8, 4) is 0 Å². The Kier molecular flexibility index (Phi) is 7.45. The van der Waals surface area contributed by atoms with Gasteiger partial charge in [0, 0.05) is 24.6 Å². The Labute approximate surface area is 165 Å². The van der Waals surface area contributed by atoms with Crippen molar-refractivity contribution in [3.63, 3.8) is 0 Å². The minimum absolute atomic E-state index is 0.213. The molecule has 2 unspecified atom stereocenters. The minimum Gasteiger partial charge on any atom is -0.481 e. The molecular weight excluding hydrogens is 358 g/mol. The second-order valence-corrected chi connectivity index (χ2v) is 7.44. The van der Waals surface area contributed by atoms with Crippen LogP contribution in [-0.4, -0.2) is 35.9 Å². The lowest BCUT2D eigenvalue weighted by atomic mass is 9.77. The fourth-order valence-electron chi connectivity index (χ4n) is 4.16. The molecule has 2 amide bonds. The van der Waals surface area contributed by atoms with Crippen molar-refractivity contribution >= 4 is 17.7 Å². The summed E-state index contributed by atoms with van der Waals surface area (Å²) in [6, 6.07) is 9.03. The Balaban J connectivity index is 1.40. The number of rotatable bonds is 10. The number of hydrazine groups is 1. The molecule has 3 rings (SSSR count). The van der Waals surface area contributed by atoms with E-state index >= 15 is 0 Å². The highest BCUT2D eigenvalue weighted by molar-refractivity contribution is 5.88. The van der Waals surface area contributed by atoms with Gasteiger partial charge in [-0.2, -0.15) is 0 Å². The molecule has 2 heterocycles. The predicted octanol–water partition coefficient (Wildman–Crippen LogP) is 3.31. The third-order valence-corrected chi connectivity index (χ3v) is 5.50. The number of carboxylic acid groups (broad SMARTS) is 1. The second kappa shape index (κ2) is 10.2. The van der Waals surface area contributed by atoms with Crippen molar-refractivity contribution in [1.82, 2.24) is 10.9 Å². The number of hydrogen-bond acceptors (Lipinski definition) is 4. The van der Waals surface area contributed by atoms with Gasteiger partial charge >= 0.3 is 12.0 Å². The second-order valence-electron chi connectivity index (χ2n) is 7.44. The van der Waals surface area contributed by atoms with Crippen LogP contribution in [0.2, 0.25) is 0 Å². The van der Waals surface area contributed by atoms with E-state index in [-0.39, 0.29) is 18.6 Å². The van der Waals surface area contributed by atoms with Crippen molar-refractivity contribution in [2.45, 2.75) is 50.7 Å². The van der Waals surface area contributed by atoms with Crippen LogP contribution in [-0.2, 0) is 9.53 Å². The van der Waals surface area contributed by atoms with Crippen molar-refractivity contribution in [2.75, 3.05) is 11.9 Å². The number of benzene rings is 1. The lowest BCUT2D eigenvalue weighted by Crippen LogP contribution is -2.45. The van der Waals surface area contributed by atoms with Gasteiger partial charge in [-0.15, -0.1) is 0 Å². The van der Waals surface area contributed by atoms with Gasteiger partial charge in [-0.3, -0.25) is 10.2 Å². The fraction of sp³-hybridized carbons (Fsp3) is 0.524. The molecule has 2 fully saturated rings. The third kappa shape index (κ3) is 5.81. The van der Waals surface area contributed by atoms with Crippen molar-refractivity contribution in [1.29, 1.82) is 0 Å². The quantitative estimate of drug-likeness (QED) is 0.280. The molecule has 28 heavy (non-hydrogen) atoms. The van der Waals surface area contributed by atoms with Crippen molar-refractivity contribution in [3.05, 3.63) is 42.5 Å². The zero-order chi connectivity index (χ0) is 19.8. The zero-order valence-corrected chi connectivity index (χ0v) is 16.0. The van der Waals surface area contributed by atoms with Crippen LogP contribution in [0.5, 0.6) is 0 Å². The molecule has 152 valence electrons. The lowest BCUT2D eigenvalue weighted by molar-refractivity contribution is -0.137. The van der Waals surface area contributed by atoms with Crippen LogP contribution in [0.4, 0.5) is 10.5 Å². The minimum atomic E-state index is -0.746. The summed E-state index contributed by atoms with van der Waals surface area (Å²) in [6.45, 7) is 0.668. The topological polar surface area (TPSA) is 99.7 Å². The van der Waals surface area contributed by atoms with Gasteiger partial charge in [-0.25, -0.2) is 10.2 Å². The molecule has 7 nitrogen and oxygen atoms in total. The van der Waals surface area contributed by atoms with E-state index in [9.17, 15) is 9.59 Å². The summed E-state index contributed by atoms with van der Waals surface area (Å²) in [5.41, 5.74) is 6.50. The number of urea groups is 1. The summed E-state index contributed by atoms with van der Waals surface area (Å²) in [6.07, 6.45) is 9.54. The van der Waals surface area contributed by atoms with Gasteiger partial charge in [0.2, 0.25) is 0 Å². The summed E-state index contributed by atoms with van der Waals surface area (Å²) < 4.78 is 6.08. The van der Waals surface area contributed by atoms with Crippen LogP contribution in [0.15, 0.2) is 42.5 Å². The van der Waals surface area contributed by atoms with Crippen LogP contribution < -0.4 is 16.2 Å². The van der Waals surface area contributed by atoms with Gasteiger partial charge in [0.25, 0.3) is 0 Å². The zero-order valence-electron chi connectivity index (χ0n) is 16.0. The molecule has 0 radical (unpaired) electrons. The van der Waals surface area contributed by atoms with Crippen LogP contribution in [0.1, 0.15) is 38.5 Å². The average Bonchev–Trinajstić information content (AvgIpc) is 3.27. The molecule has 4 N–H and O–H groups in total. The first-order valence-electron chi connectivity index (χ1n) is 10.0. The molecule has 0 spiro atoms. The molecule has 2 bridgehead atoms. The number of carbonyl (C=O) groups is 2. The SMILES string of the molecule is O=C(O)CCC/C=C/C[C@H]1C2CCC(O2)[C@H]1CNNC(=O)Nc1ccccc1. The van der Waals surface area contributed by atoms with Crippen molar-refractivity contribution < 1.29 is 19.4 Å². The molecule has 2 aliphatic rings. The van der Waals surface area contributed by atoms with E-state index in [0.717, 1.165) is 31.4 Å². The normalized spacial score (nSPS) is 25.9. The number of unbranched alkanes of at least 4 members (excludes halogenated alkanes) is 1. The van der Waals surface area contributed by atoms with E-state index in [1.54, 1.807) is 0 Å². The first-order valence-corrected chi connectivity index (χ1v) is 10.0. The number of carboxylic acids is 1. The van der Waals surface area contributed by atoms with Crippen LogP contribution in [0.3, 0.4) is 0 Å². The fourth-order valence-corrected chi connectivity index (χ4v) is 4.16. The van der Waals surface area contributed by atoms with Crippen LogP contribution in [0, 0.1) is 11.8 Å².